The molecule has 1 atom stereocenters. The second-order valence-electron chi connectivity index (χ2n) is 5.50. The van der Waals surface area contributed by atoms with Crippen LogP contribution in [0.2, 0.25) is 0 Å². The molecule has 2 aromatic rings. The summed E-state index contributed by atoms with van der Waals surface area (Å²) in [5, 5.41) is 2.58. The van der Waals surface area contributed by atoms with Gasteiger partial charge in [-0.3, -0.25) is 4.79 Å². The number of benzene rings is 1. The zero-order valence-corrected chi connectivity index (χ0v) is 13.7. The van der Waals surface area contributed by atoms with Crippen molar-refractivity contribution < 1.29 is 14.3 Å². The molecule has 0 radical (unpaired) electrons. The van der Waals surface area contributed by atoms with Crippen LogP contribution in [0.3, 0.4) is 0 Å². The fourth-order valence-corrected chi connectivity index (χ4v) is 3.28. The van der Waals surface area contributed by atoms with E-state index in [4.69, 9.17) is 4.74 Å². The number of rotatable bonds is 4. The van der Waals surface area contributed by atoms with E-state index < -0.39 is 6.04 Å². The van der Waals surface area contributed by atoms with Crippen molar-refractivity contribution in [3.8, 4) is 0 Å². The number of ether oxygens (including phenoxy) is 1. The number of carbonyl (C=O) groups is 2. The second kappa shape index (κ2) is 6.91. The van der Waals surface area contributed by atoms with Gasteiger partial charge in [0.05, 0.1) is 5.01 Å². The summed E-state index contributed by atoms with van der Waals surface area (Å²) in [6, 6.07) is 9.02. The van der Waals surface area contributed by atoms with Crippen molar-refractivity contribution in [3.63, 3.8) is 0 Å². The molecule has 1 aliphatic heterocycles. The van der Waals surface area contributed by atoms with Gasteiger partial charge in [-0.05, 0) is 25.3 Å². The number of aryl methyl sites for hydroxylation is 1. The first-order chi connectivity index (χ1) is 11.1. The lowest BCUT2D eigenvalue weighted by molar-refractivity contribution is -0.149. The molecular weight excluding hydrogens is 312 g/mol. The van der Waals surface area contributed by atoms with Gasteiger partial charge in [-0.25, -0.2) is 9.78 Å². The predicted octanol–water partition coefficient (Wildman–Crippen LogP) is 2.80. The highest BCUT2D eigenvalue weighted by atomic mass is 32.1. The Labute approximate surface area is 138 Å². The lowest BCUT2D eigenvalue weighted by atomic mass is 10.2. The molecule has 0 N–H and O–H groups in total. The molecular formula is C17H18N2O3S. The third kappa shape index (κ3) is 3.59. The number of nitrogens with zero attached hydrogens (tertiary/aromatic N) is 2. The van der Waals surface area contributed by atoms with Crippen LogP contribution in [0.15, 0.2) is 35.7 Å². The van der Waals surface area contributed by atoms with Gasteiger partial charge in [0.25, 0.3) is 5.91 Å². The summed E-state index contributed by atoms with van der Waals surface area (Å²) in [6.45, 7) is 2.66. The molecule has 1 fully saturated rings. The zero-order valence-electron chi connectivity index (χ0n) is 12.9. The van der Waals surface area contributed by atoms with E-state index >= 15 is 0 Å². The smallest absolute Gasteiger partial charge is 0.329 e. The molecule has 23 heavy (non-hydrogen) atoms. The first kappa shape index (κ1) is 15.7. The molecule has 1 amide bonds. The third-order valence-corrected chi connectivity index (χ3v) is 4.62. The van der Waals surface area contributed by atoms with Crippen molar-refractivity contribution >= 4 is 23.2 Å². The average molecular weight is 330 g/mol. The Morgan fingerprint density at radius 1 is 1.35 bits per heavy atom. The third-order valence-electron chi connectivity index (χ3n) is 3.85. The standard InChI is InChI=1S/C17H18N2O3S/c1-12-18-14(11-23-12)16(20)19-9-5-8-15(19)17(21)22-10-13-6-3-2-4-7-13/h2-4,6-7,11,15H,5,8-10H2,1H3/t15-/m1/s1. The number of hydrogen-bond donors (Lipinski definition) is 0. The molecule has 0 unspecified atom stereocenters. The van der Waals surface area contributed by atoms with Crippen LogP contribution in [0.5, 0.6) is 0 Å². The van der Waals surface area contributed by atoms with Gasteiger partial charge >= 0.3 is 5.97 Å². The molecule has 3 rings (SSSR count). The van der Waals surface area contributed by atoms with E-state index in [-0.39, 0.29) is 18.5 Å². The van der Waals surface area contributed by atoms with E-state index in [1.54, 1.807) is 10.3 Å². The molecule has 1 aliphatic rings. The highest BCUT2D eigenvalue weighted by Gasteiger charge is 2.36. The first-order valence-corrected chi connectivity index (χ1v) is 8.47. The van der Waals surface area contributed by atoms with Crippen LogP contribution in [0.25, 0.3) is 0 Å². The summed E-state index contributed by atoms with van der Waals surface area (Å²) in [5.41, 5.74) is 1.35. The summed E-state index contributed by atoms with van der Waals surface area (Å²) < 4.78 is 5.38. The van der Waals surface area contributed by atoms with Gasteiger partial charge < -0.3 is 9.64 Å². The minimum Gasteiger partial charge on any atom is -0.459 e. The zero-order chi connectivity index (χ0) is 16.2. The SMILES string of the molecule is Cc1nc(C(=O)N2CCC[C@@H]2C(=O)OCc2ccccc2)cs1. The van der Waals surface area contributed by atoms with Crippen LogP contribution in [0, 0.1) is 6.92 Å². The molecule has 1 saturated heterocycles. The normalized spacial score (nSPS) is 17.3. The van der Waals surface area contributed by atoms with Gasteiger partial charge in [-0.15, -0.1) is 11.3 Å². The Hall–Kier alpha value is -2.21. The number of likely N-dealkylation sites (tertiary alicyclic amines) is 1. The molecule has 0 bridgehead atoms. The number of aromatic nitrogens is 1. The van der Waals surface area contributed by atoms with Crippen LogP contribution in [0.1, 0.15) is 33.9 Å². The van der Waals surface area contributed by atoms with Gasteiger partial charge in [0.2, 0.25) is 0 Å². The van der Waals surface area contributed by atoms with Gasteiger partial charge in [0.15, 0.2) is 0 Å². The molecule has 2 heterocycles. The van der Waals surface area contributed by atoms with Crippen LogP contribution in [0.4, 0.5) is 0 Å². The number of hydrogen-bond acceptors (Lipinski definition) is 5. The maximum absolute atomic E-state index is 12.5. The number of carbonyl (C=O) groups excluding carboxylic acids is 2. The topological polar surface area (TPSA) is 59.5 Å². The predicted molar refractivity (Wildman–Crippen MR) is 87.1 cm³/mol. The lowest BCUT2D eigenvalue weighted by Crippen LogP contribution is -2.41. The Morgan fingerprint density at radius 3 is 2.83 bits per heavy atom. The highest BCUT2D eigenvalue weighted by Crippen LogP contribution is 2.22. The molecule has 0 spiro atoms. The van der Waals surface area contributed by atoms with Crippen LogP contribution in [-0.2, 0) is 16.1 Å². The van der Waals surface area contributed by atoms with E-state index in [1.165, 1.54) is 11.3 Å². The molecule has 5 nitrogen and oxygen atoms in total. The lowest BCUT2D eigenvalue weighted by Gasteiger charge is -2.22. The number of thiazole rings is 1. The highest BCUT2D eigenvalue weighted by molar-refractivity contribution is 7.09. The van der Waals surface area contributed by atoms with Crippen LogP contribution in [-0.4, -0.2) is 34.3 Å². The summed E-state index contributed by atoms with van der Waals surface area (Å²) >= 11 is 1.43. The van der Waals surface area contributed by atoms with E-state index in [1.807, 2.05) is 37.3 Å². The van der Waals surface area contributed by atoms with E-state index in [0.29, 0.717) is 18.7 Å². The monoisotopic (exact) mass is 330 g/mol. The molecule has 6 heteroatoms. The Bertz CT molecular complexity index is 699. The van der Waals surface area contributed by atoms with Gasteiger partial charge in [-0.1, -0.05) is 30.3 Å². The maximum Gasteiger partial charge on any atom is 0.329 e. The molecule has 0 aliphatic carbocycles. The molecule has 0 saturated carbocycles. The Morgan fingerprint density at radius 2 is 2.13 bits per heavy atom. The quantitative estimate of drug-likeness (QED) is 0.809. The fraction of sp³-hybridized carbons (Fsp3) is 0.353. The largest absolute Gasteiger partial charge is 0.459 e. The Kier molecular flexibility index (Phi) is 4.71. The van der Waals surface area contributed by atoms with Gasteiger partial charge in [-0.2, -0.15) is 0 Å². The molecule has 1 aromatic carbocycles. The Balaban J connectivity index is 1.64. The van der Waals surface area contributed by atoms with Crippen LogP contribution < -0.4 is 0 Å². The number of amides is 1. The van der Waals surface area contributed by atoms with Gasteiger partial charge in [0, 0.05) is 11.9 Å². The molecule has 1 aromatic heterocycles. The van der Waals surface area contributed by atoms with Crippen LogP contribution >= 0.6 is 11.3 Å². The van der Waals surface area contributed by atoms with Crippen molar-refractivity contribution in [2.75, 3.05) is 6.54 Å². The van der Waals surface area contributed by atoms with Crippen molar-refractivity contribution in [2.24, 2.45) is 0 Å². The van der Waals surface area contributed by atoms with Gasteiger partial charge in [0.1, 0.15) is 18.3 Å². The second-order valence-corrected chi connectivity index (χ2v) is 6.56. The molecule has 120 valence electrons. The first-order valence-electron chi connectivity index (χ1n) is 7.59. The van der Waals surface area contributed by atoms with Crippen molar-refractivity contribution in [3.05, 3.63) is 52.0 Å². The minimum atomic E-state index is -0.506. The van der Waals surface area contributed by atoms with Crippen molar-refractivity contribution in [1.82, 2.24) is 9.88 Å². The maximum atomic E-state index is 12.5. The van der Waals surface area contributed by atoms with E-state index in [2.05, 4.69) is 4.98 Å². The van der Waals surface area contributed by atoms with E-state index in [0.717, 1.165) is 17.0 Å². The summed E-state index contributed by atoms with van der Waals surface area (Å²) in [7, 11) is 0. The number of esters is 1. The summed E-state index contributed by atoms with van der Waals surface area (Å²) in [4.78, 5) is 30.7. The average Bonchev–Trinajstić information content (AvgIpc) is 3.22. The van der Waals surface area contributed by atoms with Crippen molar-refractivity contribution in [1.29, 1.82) is 0 Å². The van der Waals surface area contributed by atoms with E-state index in [9.17, 15) is 9.59 Å². The minimum absolute atomic E-state index is 0.187. The van der Waals surface area contributed by atoms with Crippen molar-refractivity contribution in [2.45, 2.75) is 32.4 Å². The fourth-order valence-electron chi connectivity index (χ4n) is 2.69. The summed E-state index contributed by atoms with van der Waals surface area (Å²) in [6.07, 6.45) is 1.45. The summed E-state index contributed by atoms with van der Waals surface area (Å²) in [5.74, 6) is -0.528.